The molecular formula is C25H29N5O2. The second-order valence-electron chi connectivity index (χ2n) is 7.80. The van der Waals surface area contributed by atoms with E-state index < -0.39 is 0 Å². The van der Waals surface area contributed by atoms with Gasteiger partial charge in [-0.1, -0.05) is 30.3 Å². The molecule has 2 heterocycles. The van der Waals surface area contributed by atoms with Gasteiger partial charge in [-0.3, -0.25) is 9.79 Å². The number of aliphatic imine (C=N–C) groups is 1. The molecule has 0 aliphatic carbocycles. The van der Waals surface area contributed by atoms with Crippen molar-refractivity contribution in [2.24, 2.45) is 4.99 Å². The Balaban J connectivity index is 1.27. The van der Waals surface area contributed by atoms with Gasteiger partial charge in [-0.2, -0.15) is 0 Å². The average molecular weight is 432 g/mol. The number of guanidine groups is 1. The van der Waals surface area contributed by atoms with Crippen LogP contribution in [0.2, 0.25) is 0 Å². The van der Waals surface area contributed by atoms with E-state index in [0.717, 1.165) is 36.8 Å². The molecule has 4 rings (SSSR count). The number of carbonyl (C=O) groups excluding carboxylic acids is 1. The maximum atomic E-state index is 12.5. The molecule has 2 aromatic carbocycles. The number of nitrogens with zero attached hydrogens (tertiary/aromatic N) is 2. The second kappa shape index (κ2) is 10.5. The number of rotatable bonds is 7. The Morgan fingerprint density at radius 3 is 2.72 bits per heavy atom. The molecule has 1 aliphatic heterocycles. The van der Waals surface area contributed by atoms with Crippen molar-refractivity contribution < 1.29 is 9.21 Å². The standard InChI is InChI=1S/C25H29N5O2/c1-26-25(29-21-12-13-30(18-21)22-9-3-2-4-10-22)28-16-19-7-5-8-20(15-19)24(31)27-17-23-11-6-14-32-23/h2-11,14-15,21H,12-13,16-18H2,1H3,(H,27,31)(H2,26,28,29). The quantitative estimate of drug-likeness (QED) is 0.396. The van der Waals surface area contributed by atoms with Crippen LogP contribution >= 0.6 is 0 Å². The zero-order valence-electron chi connectivity index (χ0n) is 18.3. The van der Waals surface area contributed by atoms with Gasteiger partial charge in [0.15, 0.2) is 5.96 Å². The van der Waals surface area contributed by atoms with Crippen LogP contribution in [0.5, 0.6) is 0 Å². The summed E-state index contributed by atoms with van der Waals surface area (Å²) in [6.07, 6.45) is 2.65. The van der Waals surface area contributed by atoms with Gasteiger partial charge in [-0.15, -0.1) is 0 Å². The van der Waals surface area contributed by atoms with Crippen LogP contribution in [0, 0.1) is 0 Å². The minimum atomic E-state index is -0.127. The van der Waals surface area contributed by atoms with Crippen LogP contribution in [0.1, 0.15) is 28.1 Å². The van der Waals surface area contributed by atoms with E-state index in [1.54, 1.807) is 19.4 Å². The third kappa shape index (κ3) is 5.69. The summed E-state index contributed by atoms with van der Waals surface area (Å²) in [7, 11) is 1.78. The molecule has 1 fully saturated rings. The summed E-state index contributed by atoms with van der Waals surface area (Å²) in [6, 6.07) is 22.0. The molecule has 0 spiro atoms. The Morgan fingerprint density at radius 1 is 1.06 bits per heavy atom. The summed E-state index contributed by atoms with van der Waals surface area (Å²) < 4.78 is 5.26. The van der Waals surface area contributed by atoms with Crippen molar-refractivity contribution >= 4 is 17.6 Å². The van der Waals surface area contributed by atoms with Gasteiger partial charge >= 0.3 is 0 Å². The van der Waals surface area contributed by atoms with Crippen LogP contribution in [-0.2, 0) is 13.1 Å². The van der Waals surface area contributed by atoms with Gasteiger partial charge in [0.05, 0.1) is 12.8 Å². The van der Waals surface area contributed by atoms with E-state index in [2.05, 4.69) is 50.1 Å². The molecule has 1 unspecified atom stereocenters. The second-order valence-corrected chi connectivity index (χ2v) is 7.80. The molecule has 3 aromatic rings. The van der Waals surface area contributed by atoms with Gasteiger partial charge in [0.2, 0.25) is 0 Å². The highest BCUT2D eigenvalue weighted by Crippen LogP contribution is 2.19. The smallest absolute Gasteiger partial charge is 0.251 e. The van der Waals surface area contributed by atoms with Gasteiger partial charge in [0.1, 0.15) is 5.76 Å². The third-order valence-electron chi connectivity index (χ3n) is 5.53. The molecule has 1 aliphatic rings. The molecule has 1 amide bonds. The summed E-state index contributed by atoms with van der Waals surface area (Å²) in [6.45, 7) is 2.91. The van der Waals surface area contributed by atoms with E-state index in [0.29, 0.717) is 24.7 Å². The maximum absolute atomic E-state index is 12.5. The van der Waals surface area contributed by atoms with Gasteiger partial charge < -0.3 is 25.3 Å². The third-order valence-corrected chi connectivity index (χ3v) is 5.53. The monoisotopic (exact) mass is 431 g/mol. The minimum Gasteiger partial charge on any atom is -0.467 e. The number of hydrogen-bond donors (Lipinski definition) is 3. The lowest BCUT2D eigenvalue weighted by Gasteiger charge is -2.20. The van der Waals surface area contributed by atoms with E-state index >= 15 is 0 Å². The number of nitrogens with one attached hydrogen (secondary N) is 3. The summed E-state index contributed by atoms with van der Waals surface area (Å²) in [4.78, 5) is 19.2. The summed E-state index contributed by atoms with van der Waals surface area (Å²) in [5, 5.41) is 9.75. The Bertz CT molecular complexity index is 1030. The van der Waals surface area contributed by atoms with Gasteiger partial charge in [-0.05, 0) is 48.4 Å². The first-order valence-electron chi connectivity index (χ1n) is 10.9. The van der Waals surface area contributed by atoms with E-state index in [9.17, 15) is 4.79 Å². The molecule has 32 heavy (non-hydrogen) atoms. The zero-order chi connectivity index (χ0) is 22.2. The van der Waals surface area contributed by atoms with Crippen molar-refractivity contribution in [3.8, 4) is 0 Å². The van der Waals surface area contributed by atoms with E-state index in [-0.39, 0.29) is 5.91 Å². The van der Waals surface area contributed by atoms with Crippen LogP contribution in [0.15, 0.2) is 82.4 Å². The lowest BCUT2D eigenvalue weighted by molar-refractivity contribution is 0.0948. The van der Waals surface area contributed by atoms with E-state index in [1.807, 2.05) is 36.4 Å². The van der Waals surface area contributed by atoms with Gasteiger partial charge in [0.25, 0.3) is 5.91 Å². The number of benzene rings is 2. The zero-order valence-corrected chi connectivity index (χ0v) is 18.3. The van der Waals surface area contributed by atoms with E-state index in [4.69, 9.17) is 4.42 Å². The summed E-state index contributed by atoms with van der Waals surface area (Å²) >= 11 is 0. The largest absolute Gasteiger partial charge is 0.467 e. The molecule has 166 valence electrons. The molecule has 3 N–H and O–H groups in total. The fourth-order valence-electron chi connectivity index (χ4n) is 3.83. The highest BCUT2D eigenvalue weighted by atomic mass is 16.3. The summed E-state index contributed by atoms with van der Waals surface area (Å²) in [5.74, 6) is 1.36. The average Bonchev–Trinajstić information content (AvgIpc) is 3.53. The Kier molecular flexibility index (Phi) is 7.07. The van der Waals surface area contributed by atoms with Gasteiger partial charge in [0, 0.05) is 44.0 Å². The van der Waals surface area contributed by atoms with Crippen LogP contribution in [0.3, 0.4) is 0 Å². The Hall–Kier alpha value is -3.74. The van der Waals surface area contributed by atoms with Crippen LogP contribution in [0.4, 0.5) is 5.69 Å². The highest BCUT2D eigenvalue weighted by Gasteiger charge is 2.23. The molecule has 0 saturated carbocycles. The molecule has 7 heteroatoms. The molecule has 1 aromatic heterocycles. The van der Waals surface area contributed by atoms with Crippen molar-refractivity contribution in [3.63, 3.8) is 0 Å². The number of hydrogen-bond acceptors (Lipinski definition) is 4. The fourth-order valence-corrected chi connectivity index (χ4v) is 3.83. The first-order chi connectivity index (χ1) is 15.7. The van der Waals surface area contributed by atoms with Crippen LogP contribution < -0.4 is 20.9 Å². The number of carbonyl (C=O) groups is 1. The Labute approximate surface area is 188 Å². The van der Waals surface area contributed by atoms with Crippen molar-refractivity contribution in [1.29, 1.82) is 0 Å². The molecule has 0 bridgehead atoms. The fraction of sp³-hybridized carbons (Fsp3) is 0.280. The van der Waals surface area contributed by atoms with Crippen molar-refractivity contribution in [3.05, 3.63) is 89.9 Å². The predicted octanol–water partition coefficient (Wildman–Crippen LogP) is 3.15. The molecular weight excluding hydrogens is 402 g/mol. The van der Waals surface area contributed by atoms with Crippen molar-refractivity contribution in [2.75, 3.05) is 25.0 Å². The molecule has 0 radical (unpaired) electrons. The minimum absolute atomic E-state index is 0.127. The summed E-state index contributed by atoms with van der Waals surface area (Å²) in [5.41, 5.74) is 2.88. The van der Waals surface area contributed by atoms with E-state index in [1.165, 1.54) is 5.69 Å². The van der Waals surface area contributed by atoms with Crippen LogP contribution in [0.25, 0.3) is 0 Å². The normalized spacial score (nSPS) is 16.1. The van der Waals surface area contributed by atoms with Crippen molar-refractivity contribution in [2.45, 2.75) is 25.6 Å². The number of anilines is 1. The first-order valence-corrected chi connectivity index (χ1v) is 10.9. The number of para-hydroxylation sites is 1. The SMILES string of the molecule is CN=C(NCc1cccc(C(=O)NCc2ccco2)c1)NC1CCN(c2ccccc2)C1. The van der Waals surface area contributed by atoms with Crippen LogP contribution in [-0.4, -0.2) is 38.0 Å². The molecule has 1 saturated heterocycles. The lowest BCUT2D eigenvalue weighted by Crippen LogP contribution is -2.44. The number of furan rings is 1. The number of amides is 1. The molecule has 1 atom stereocenters. The topological polar surface area (TPSA) is 81.9 Å². The van der Waals surface area contributed by atoms with Crippen molar-refractivity contribution in [1.82, 2.24) is 16.0 Å². The first kappa shape index (κ1) is 21.5. The predicted molar refractivity (Wildman–Crippen MR) is 127 cm³/mol. The molecule has 7 nitrogen and oxygen atoms in total. The highest BCUT2D eigenvalue weighted by molar-refractivity contribution is 5.94. The van der Waals surface area contributed by atoms with Gasteiger partial charge in [-0.25, -0.2) is 0 Å². The maximum Gasteiger partial charge on any atom is 0.251 e. The Morgan fingerprint density at radius 2 is 1.94 bits per heavy atom. The lowest BCUT2D eigenvalue weighted by atomic mass is 10.1.